The van der Waals surface area contributed by atoms with Gasteiger partial charge >= 0.3 is 0 Å². The molecule has 0 radical (unpaired) electrons. The Morgan fingerprint density at radius 1 is 1.08 bits per heavy atom. The maximum atomic E-state index is 3.66. The fourth-order valence-corrected chi connectivity index (χ4v) is 4.60. The van der Waals surface area contributed by atoms with E-state index < -0.39 is 0 Å². The van der Waals surface area contributed by atoms with Gasteiger partial charge in [0.2, 0.25) is 0 Å². The van der Waals surface area contributed by atoms with Gasteiger partial charge in [0, 0.05) is 19.1 Å². The fourth-order valence-electron chi connectivity index (χ4n) is 4.60. The lowest BCUT2D eigenvalue weighted by Gasteiger charge is -2.31. The second-order valence-electron chi connectivity index (χ2n) is 8.16. The highest BCUT2D eigenvalue weighted by Crippen LogP contribution is 2.28. The molecule has 1 saturated heterocycles. The van der Waals surface area contributed by atoms with E-state index in [2.05, 4.69) is 53.5 Å². The molecule has 0 bridgehead atoms. The third-order valence-corrected chi connectivity index (χ3v) is 5.99. The maximum absolute atomic E-state index is 3.66. The van der Waals surface area contributed by atoms with Crippen LogP contribution in [0.3, 0.4) is 0 Å². The van der Waals surface area contributed by atoms with E-state index in [1.54, 1.807) is 0 Å². The quantitative estimate of drug-likeness (QED) is 0.661. The number of nitrogens with zero attached hydrogens (tertiary/aromatic N) is 1. The van der Waals surface area contributed by atoms with Crippen LogP contribution < -0.4 is 5.32 Å². The Balaban J connectivity index is 1.35. The maximum Gasteiger partial charge on any atom is 0.0165 e. The van der Waals surface area contributed by atoms with Gasteiger partial charge in [-0.1, -0.05) is 61.2 Å². The van der Waals surface area contributed by atoms with Crippen LogP contribution in [-0.4, -0.2) is 37.1 Å². The van der Waals surface area contributed by atoms with E-state index in [9.17, 15) is 0 Å². The first-order valence-corrected chi connectivity index (χ1v) is 10.5. The zero-order chi connectivity index (χ0) is 17.3. The molecule has 2 heteroatoms. The van der Waals surface area contributed by atoms with Crippen LogP contribution in [0.15, 0.2) is 35.9 Å². The minimum Gasteiger partial charge on any atom is -0.313 e. The summed E-state index contributed by atoms with van der Waals surface area (Å²) in [6, 6.07) is 11.5. The summed E-state index contributed by atoms with van der Waals surface area (Å²) < 4.78 is 0. The predicted molar refractivity (Wildman–Crippen MR) is 109 cm³/mol. The van der Waals surface area contributed by atoms with Crippen molar-refractivity contribution in [1.29, 1.82) is 0 Å². The van der Waals surface area contributed by atoms with Crippen molar-refractivity contribution in [3.8, 4) is 0 Å². The number of likely N-dealkylation sites (tertiary alicyclic amines) is 1. The Morgan fingerprint density at radius 3 is 2.68 bits per heavy atom. The molecule has 1 N–H and O–H groups in total. The molecule has 1 aromatic carbocycles. The minimum absolute atomic E-state index is 0.827. The molecule has 2 fully saturated rings. The van der Waals surface area contributed by atoms with E-state index in [1.807, 2.05) is 0 Å². The van der Waals surface area contributed by atoms with Gasteiger partial charge in [-0.25, -0.2) is 0 Å². The van der Waals surface area contributed by atoms with Crippen LogP contribution in [0.4, 0.5) is 0 Å². The number of nitrogens with one attached hydrogen (secondary N) is 1. The SMILES string of the molecule is C/C(=C\c1ccccc1)CNCC[C@@H]1CCCN1CC1CCCCC1. The molecule has 1 atom stereocenters. The standard InChI is InChI=1S/C23H36N2/c1-20(17-21-9-4-2-5-10-21)18-24-15-14-23-13-8-16-25(23)19-22-11-6-3-7-12-22/h2,4-5,9-10,17,22-24H,3,6-8,11-16,18-19H2,1H3/b20-17+/t23-/m0/s1. The molecular weight excluding hydrogens is 304 g/mol. The first-order valence-electron chi connectivity index (χ1n) is 10.5. The van der Waals surface area contributed by atoms with Gasteiger partial charge in [0.25, 0.3) is 0 Å². The van der Waals surface area contributed by atoms with Gasteiger partial charge < -0.3 is 10.2 Å². The van der Waals surface area contributed by atoms with Crippen LogP contribution in [0.25, 0.3) is 6.08 Å². The summed E-state index contributed by atoms with van der Waals surface area (Å²) in [5.41, 5.74) is 2.72. The van der Waals surface area contributed by atoms with Crippen LogP contribution in [0.5, 0.6) is 0 Å². The van der Waals surface area contributed by atoms with Crippen LogP contribution in [0, 0.1) is 5.92 Å². The van der Waals surface area contributed by atoms with Crippen LogP contribution in [-0.2, 0) is 0 Å². The van der Waals surface area contributed by atoms with Crippen molar-refractivity contribution in [2.75, 3.05) is 26.2 Å². The van der Waals surface area contributed by atoms with Gasteiger partial charge in [0.05, 0.1) is 0 Å². The van der Waals surface area contributed by atoms with Crippen molar-refractivity contribution in [3.05, 3.63) is 41.5 Å². The summed E-state index contributed by atoms with van der Waals surface area (Å²) in [5, 5.41) is 3.66. The van der Waals surface area contributed by atoms with Crippen LogP contribution in [0.2, 0.25) is 0 Å². The third kappa shape index (κ3) is 6.27. The van der Waals surface area contributed by atoms with E-state index in [1.165, 1.54) is 75.6 Å². The summed E-state index contributed by atoms with van der Waals surface area (Å²) in [5.74, 6) is 0.985. The number of hydrogen-bond donors (Lipinski definition) is 1. The van der Waals surface area contributed by atoms with Gasteiger partial charge in [-0.2, -0.15) is 0 Å². The number of rotatable bonds is 8. The first kappa shape index (κ1) is 18.7. The highest BCUT2D eigenvalue weighted by molar-refractivity contribution is 5.52. The lowest BCUT2D eigenvalue weighted by Crippen LogP contribution is -2.36. The van der Waals surface area contributed by atoms with E-state index in [4.69, 9.17) is 0 Å². The Kier molecular flexibility index (Phi) is 7.56. The van der Waals surface area contributed by atoms with Crippen molar-refractivity contribution < 1.29 is 0 Å². The van der Waals surface area contributed by atoms with E-state index >= 15 is 0 Å². The molecule has 2 aliphatic rings. The molecule has 0 amide bonds. The summed E-state index contributed by atoms with van der Waals surface area (Å²) in [6.45, 7) is 7.09. The lowest BCUT2D eigenvalue weighted by molar-refractivity contribution is 0.181. The van der Waals surface area contributed by atoms with Gasteiger partial charge in [0.1, 0.15) is 0 Å². The Hall–Kier alpha value is -1.12. The van der Waals surface area contributed by atoms with Gasteiger partial charge in [-0.15, -0.1) is 0 Å². The Bertz CT molecular complexity index is 516. The van der Waals surface area contributed by atoms with E-state index in [-0.39, 0.29) is 0 Å². The molecule has 1 heterocycles. The largest absolute Gasteiger partial charge is 0.313 e. The Morgan fingerprint density at radius 2 is 1.88 bits per heavy atom. The second-order valence-corrected chi connectivity index (χ2v) is 8.16. The molecule has 0 unspecified atom stereocenters. The summed E-state index contributed by atoms with van der Waals surface area (Å²) >= 11 is 0. The molecule has 1 saturated carbocycles. The average molecular weight is 341 g/mol. The van der Waals surface area contributed by atoms with Crippen molar-refractivity contribution in [3.63, 3.8) is 0 Å². The average Bonchev–Trinajstić information content (AvgIpc) is 3.07. The molecule has 0 aromatic heterocycles. The molecule has 138 valence electrons. The highest BCUT2D eigenvalue weighted by Gasteiger charge is 2.26. The smallest absolute Gasteiger partial charge is 0.0165 e. The molecular formula is C23H36N2. The third-order valence-electron chi connectivity index (χ3n) is 5.99. The fraction of sp³-hybridized carbons (Fsp3) is 0.652. The monoisotopic (exact) mass is 340 g/mol. The van der Waals surface area contributed by atoms with Crippen molar-refractivity contribution in [2.45, 2.75) is 64.3 Å². The molecule has 1 aliphatic heterocycles. The minimum atomic E-state index is 0.827. The number of benzene rings is 1. The van der Waals surface area contributed by atoms with Gasteiger partial charge in [-0.05, 0) is 63.6 Å². The summed E-state index contributed by atoms with van der Waals surface area (Å²) in [6.07, 6.45) is 13.8. The Labute approximate surface area is 154 Å². The summed E-state index contributed by atoms with van der Waals surface area (Å²) in [4.78, 5) is 2.81. The van der Waals surface area contributed by atoms with Crippen LogP contribution in [0.1, 0.15) is 63.9 Å². The van der Waals surface area contributed by atoms with Crippen molar-refractivity contribution in [1.82, 2.24) is 10.2 Å². The van der Waals surface area contributed by atoms with Gasteiger partial charge in [0.15, 0.2) is 0 Å². The second kappa shape index (κ2) is 10.1. The van der Waals surface area contributed by atoms with Crippen molar-refractivity contribution in [2.24, 2.45) is 5.92 Å². The number of hydrogen-bond acceptors (Lipinski definition) is 2. The molecule has 0 spiro atoms. The van der Waals surface area contributed by atoms with E-state index in [0.29, 0.717) is 0 Å². The molecule has 2 nitrogen and oxygen atoms in total. The van der Waals surface area contributed by atoms with E-state index in [0.717, 1.165) is 25.0 Å². The summed E-state index contributed by atoms with van der Waals surface area (Å²) in [7, 11) is 0. The highest BCUT2D eigenvalue weighted by atomic mass is 15.2. The normalized spacial score (nSPS) is 23.2. The van der Waals surface area contributed by atoms with Crippen molar-refractivity contribution >= 4 is 6.08 Å². The van der Waals surface area contributed by atoms with Gasteiger partial charge in [-0.3, -0.25) is 0 Å². The first-order chi connectivity index (χ1) is 12.3. The molecule has 1 aromatic rings. The zero-order valence-corrected chi connectivity index (χ0v) is 16.1. The molecule has 1 aliphatic carbocycles. The topological polar surface area (TPSA) is 15.3 Å². The van der Waals surface area contributed by atoms with Crippen LogP contribution >= 0.6 is 0 Å². The predicted octanol–water partition coefficient (Wildman–Crippen LogP) is 5.11. The molecule has 25 heavy (non-hydrogen) atoms. The molecule has 3 rings (SSSR count). The zero-order valence-electron chi connectivity index (χ0n) is 16.1. The lowest BCUT2D eigenvalue weighted by atomic mass is 9.89.